The summed E-state index contributed by atoms with van der Waals surface area (Å²) in [6.07, 6.45) is 1.21. The van der Waals surface area contributed by atoms with E-state index in [0.29, 0.717) is 23.9 Å². The number of nitrogens with zero attached hydrogens (tertiary/aromatic N) is 1. The number of likely N-dealkylation sites (tertiary alicyclic amines) is 1. The van der Waals surface area contributed by atoms with Crippen molar-refractivity contribution in [2.24, 2.45) is 5.73 Å². The fourth-order valence-electron chi connectivity index (χ4n) is 2.30. The molecule has 1 unspecified atom stereocenters. The number of primary amides is 1. The van der Waals surface area contributed by atoms with Gasteiger partial charge in [-0.25, -0.2) is 9.59 Å². The Hall–Kier alpha value is -2.09. The number of aromatic carboxylic acids is 1. The number of benzene rings is 1. The molecule has 0 aliphatic carbocycles. The van der Waals surface area contributed by atoms with Crippen LogP contribution in [0.1, 0.15) is 23.2 Å². The van der Waals surface area contributed by atoms with Crippen LogP contribution in [0.4, 0.5) is 10.5 Å². The van der Waals surface area contributed by atoms with Gasteiger partial charge in [0.25, 0.3) is 0 Å². The summed E-state index contributed by atoms with van der Waals surface area (Å²) < 4.78 is 0.592. The van der Waals surface area contributed by atoms with Crippen molar-refractivity contribution in [3.05, 3.63) is 28.2 Å². The summed E-state index contributed by atoms with van der Waals surface area (Å²) >= 11 is 3.18. The molecule has 1 aliphatic rings. The predicted molar refractivity (Wildman–Crippen MR) is 79.0 cm³/mol. The van der Waals surface area contributed by atoms with Gasteiger partial charge in [-0.05, 0) is 31.0 Å². The third-order valence-electron chi connectivity index (χ3n) is 3.30. The Bertz CT molecular complexity index is 605. The van der Waals surface area contributed by atoms with E-state index in [4.69, 9.17) is 10.8 Å². The van der Waals surface area contributed by atoms with Crippen LogP contribution in [0.5, 0.6) is 0 Å². The number of rotatable bonds is 3. The maximum atomic E-state index is 12.2. The van der Waals surface area contributed by atoms with Crippen molar-refractivity contribution < 1.29 is 19.5 Å². The van der Waals surface area contributed by atoms with Gasteiger partial charge in [0.15, 0.2) is 0 Å². The summed E-state index contributed by atoms with van der Waals surface area (Å²) in [6, 6.07) is 3.33. The number of anilines is 1. The van der Waals surface area contributed by atoms with Crippen LogP contribution in [0.3, 0.4) is 0 Å². The first kappa shape index (κ1) is 15.3. The second kappa shape index (κ2) is 6.13. The van der Waals surface area contributed by atoms with Crippen LogP contribution >= 0.6 is 15.9 Å². The predicted octanol–water partition coefficient (Wildman–Crippen LogP) is 1.63. The number of hydrogen-bond donors (Lipinski definition) is 3. The molecule has 1 aromatic carbocycles. The lowest BCUT2D eigenvalue weighted by Gasteiger charge is -2.23. The highest BCUT2D eigenvalue weighted by atomic mass is 79.9. The average Bonchev–Trinajstić information content (AvgIpc) is 2.90. The molecule has 1 fully saturated rings. The lowest BCUT2D eigenvalue weighted by atomic mass is 10.2. The molecule has 3 amide bonds. The summed E-state index contributed by atoms with van der Waals surface area (Å²) in [6.45, 7) is 0.415. The van der Waals surface area contributed by atoms with Crippen LogP contribution in [0.15, 0.2) is 22.7 Å². The van der Waals surface area contributed by atoms with Gasteiger partial charge in [-0.3, -0.25) is 4.79 Å². The quantitative estimate of drug-likeness (QED) is 0.764. The average molecular weight is 356 g/mol. The molecule has 1 aliphatic heterocycles. The van der Waals surface area contributed by atoms with Crippen LogP contribution in [-0.2, 0) is 4.79 Å². The minimum absolute atomic E-state index is 0.0347. The van der Waals surface area contributed by atoms with Crippen molar-refractivity contribution in [1.29, 1.82) is 0 Å². The fraction of sp³-hybridized carbons (Fsp3) is 0.308. The number of carboxylic acids is 1. The highest BCUT2D eigenvalue weighted by Gasteiger charge is 2.33. The number of carboxylic acid groups (broad SMARTS) is 1. The summed E-state index contributed by atoms with van der Waals surface area (Å²) in [7, 11) is 0. The van der Waals surface area contributed by atoms with Crippen molar-refractivity contribution >= 4 is 39.5 Å². The molecule has 1 heterocycles. The maximum Gasteiger partial charge on any atom is 0.337 e. The van der Waals surface area contributed by atoms with E-state index in [1.807, 2.05) is 0 Å². The zero-order chi connectivity index (χ0) is 15.6. The molecule has 112 valence electrons. The topological polar surface area (TPSA) is 113 Å². The summed E-state index contributed by atoms with van der Waals surface area (Å²) in [4.78, 5) is 36.0. The number of halogens is 1. The van der Waals surface area contributed by atoms with E-state index in [1.54, 1.807) is 6.07 Å². The minimum atomic E-state index is -1.15. The lowest BCUT2D eigenvalue weighted by molar-refractivity contribution is -0.121. The number of urea groups is 1. The van der Waals surface area contributed by atoms with Crippen LogP contribution in [0, 0.1) is 0 Å². The number of hydrogen-bond acceptors (Lipinski definition) is 3. The molecular weight excluding hydrogens is 342 g/mol. The van der Waals surface area contributed by atoms with E-state index in [1.165, 1.54) is 17.0 Å². The number of amides is 3. The summed E-state index contributed by atoms with van der Waals surface area (Å²) in [5.41, 5.74) is 5.39. The van der Waals surface area contributed by atoms with Gasteiger partial charge in [0.1, 0.15) is 6.04 Å². The lowest BCUT2D eigenvalue weighted by Crippen LogP contribution is -2.45. The first-order chi connectivity index (χ1) is 9.90. The Morgan fingerprint density at radius 2 is 2.10 bits per heavy atom. The van der Waals surface area contributed by atoms with Gasteiger partial charge in [-0.15, -0.1) is 0 Å². The van der Waals surface area contributed by atoms with E-state index in [2.05, 4.69) is 21.2 Å². The van der Waals surface area contributed by atoms with Crippen molar-refractivity contribution in [2.75, 3.05) is 11.9 Å². The highest BCUT2D eigenvalue weighted by molar-refractivity contribution is 9.10. The van der Waals surface area contributed by atoms with E-state index in [-0.39, 0.29) is 11.3 Å². The molecule has 1 saturated heterocycles. The van der Waals surface area contributed by atoms with Gasteiger partial charge in [-0.1, -0.05) is 15.9 Å². The molecule has 1 aromatic rings. The van der Waals surface area contributed by atoms with Gasteiger partial charge in [0.05, 0.1) is 11.3 Å². The van der Waals surface area contributed by atoms with Crippen LogP contribution in [0.2, 0.25) is 0 Å². The SMILES string of the molecule is NC(=O)C1CCCN1C(=O)Nc1ccc(Br)cc1C(=O)O. The zero-order valence-electron chi connectivity index (χ0n) is 11.0. The highest BCUT2D eigenvalue weighted by Crippen LogP contribution is 2.23. The van der Waals surface area contributed by atoms with Crippen LogP contribution < -0.4 is 11.1 Å². The normalized spacial score (nSPS) is 17.6. The molecule has 21 heavy (non-hydrogen) atoms. The largest absolute Gasteiger partial charge is 0.478 e. The summed E-state index contributed by atoms with van der Waals surface area (Å²) in [5.74, 6) is -1.71. The molecule has 8 heteroatoms. The molecule has 0 spiro atoms. The molecule has 0 aromatic heterocycles. The zero-order valence-corrected chi connectivity index (χ0v) is 12.6. The number of nitrogens with two attached hydrogens (primary N) is 1. The Balaban J connectivity index is 2.20. The Morgan fingerprint density at radius 1 is 1.38 bits per heavy atom. The molecular formula is C13H14BrN3O4. The minimum Gasteiger partial charge on any atom is -0.478 e. The van der Waals surface area contributed by atoms with Crippen molar-refractivity contribution in [2.45, 2.75) is 18.9 Å². The van der Waals surface area contributed by atoms with Gasteiger partial charge in [-0.2, -0.15) is 0 Å². The molecule has 2 rings (SSSR count). The van der Waals surface area contributed by atoms with Crippen molar-refractivity contribution in [1.82, 2.24) is 4.90 Å². The van der Waals surface area contributed by atoms with Gasteiger partial charge < -0.3 is 21.1 Å². The van der Waals surface area contributed by atoms with Crippen LogP contribution in [-0.4, -0.2) is 40.5 Å². The van der Waals surface area contributed by atoms with E-state index < -0.39 is 23.9 Å². The third-order valence-corrected chi connectivity index (χ3v) is 3.79. The van der Waals surface area contributed by atoms with Gasteiger partial charge >= 0.3 is 12.0 Å². The third kappa shape index (κ3) is 3.33. The molecule has 0 saturated carbocycles. The molecule has 0 radical (unpaired) electrons. The number of carbonyl (C=O) groups is 3. The molecule has 4 N–H and O–H groups in total. The van der Waals surface area contributed by atoms with Crippen molar-refractivity contribution in [3.63, 3.8) is 0 Å². The Kier molecular flexibility index (Phi) is 4.46. The molecule has 1 atom stereocenters. The maximum absolute atomic E-state index is 12.2. The van der Waals surface area contributed by atoms with Gasteiger partial charge in [0, 0.05) is 11.0 Å². The monoisotopic (exact) mass is 355 g/mol. The second-order valence-corrected chi connectivity index (χ2v) is 5.59. The van der Waals surface area contributed by atoms with E-state index in [0.717, 1.165) is 0 Å². The molecule has 7 nitrogen and oxygen atoms in total. The van der Waals surface area contributed by atoms with Gasteiger partial charge in [0.2, 0.25) is 5.91 Å². The second-order valence-electron chi connectivity index (χ2n) is 4.68. The number of nitrogens with one attached hydrogen (secondary N) is 1. The first-order valence-electron chi connectivity index (χ1n) is 6.30. The summed E-state index contributed by atoms with van der Waals surface area (Å²) in [5, 5.41) is 11.7. The number of carbonyl (C=O) groups excluding carboxylic acids is 2. The van der Waals surface area contributed by atoms with Crippen LogP contribution in [0.25, 0.3) is 0 Å². The Morgan fingerprint density at radius 3 is 2.71 bits per heavy atom. The standard InChI is InChI=1S/C13H14BrN3O4/c14-7-3-4-9(8(6-7)12(19)20)16-13(21)17-5-1-2-10(17)11(15)18/h3-4,6,10H,1-2,5H2,(H2,15,18)(H,16,21)(H,19,20). The molecule has 0 bridgehead atoms. The van der Waals surface area contributed by atoms with E-state index >= 15 is 0 Å². The Labute approximate surface area is 129 Å². The fourth-order valence-corrected chi connectivity index (χ4v) is 2.66. The van der Waals surface area contributed by atoms with E-state index in [9.17, 15) is 14.4 Å². The smallest absolute Gasteiger partial charge is 0.337 e. The first-order valence-corrected chi connectivity index (χ1v) is 7.09. The van der Waals surface area contributed by atoms with Crippen molar-refractivity contribution in [3.8, 4) is 0 Å².